The quantitative estimate of drug-likeness (QED) is 0.857. The van der Waals surface area contributed by atoms with Gasteiger partial charge < -0.3 is 5.32 Å². The smallest absolute Gasteiger partial charge is 0.254 e. The first-order valence-corrected chi connectivity index (χ1v) is 5.55. The fraction of sp³-hybridized carbons (Fsp3) is 0.500. The lowest BCUT2D eigenvalue weighted by atomic mass is 9.76. The van der Waals surface area contributed by atoms with E-state index in [0.717, 1.165) is 0 Å². The molecule has 0 bridgehead atoms. The monoisotopic (exact) mass is 235 g/mol. The van der Waals surface area contributed by atoms with Gasteiger partial charge in [0.05, 0.1) is 5.56 Å². The van der Waals surface area contributed by atoms with Gasteiger partial charge >= 0.3 is 0 Å². The Morgan fingerprint density at radius 2 is 2.12 bits per heavy atom. The van der Waals surface area contributed by atoms with E-state index in [-0.39, 0.29) is 12.5 Å². The summed E-state index contributed by atoms with van der Waals surface area (Å²) >= 11 is 0. The van der Waals surface area contributed by atoms with Crippen LogP contribution in [0, 0.1) is 16.7 Å². The largest absolute Gasteiger partial charge is 0.367 e. The molecule has 0 amide bonds. The van der Waals surface area contributed by atoms with E-state index >= 15 is 0 Å². The normalized spacial score (nSPS) is 32.6. The van der Waals surface area contributed by atoms with Gasteiger partial charge in [-0.25, -0.2) is 13.8 Å². The predicted molar refractivity (Wildman–Crippen MR) is 57.6 cm³/mol. The Hall–Kier alpha value is -1.70. The number of nitriles is 1. The van der Waals surface area contributed by atoms with Gasteiger partial charge in [0.2, 0.25) is 0 Å². The topological polar surface area (TPSA) is 48.7 Å². The SMILES string of the molecule is N#Cc1ccc(NC2CC3(C2)CC3(F)F)nc1. The summed E-state index contributed by atoms with van der Waals surface area (Å²) in [5.41, 5.74) is -0.216. The van der Waals surface area contributed by atoms with Gasteiger partial charge in [-0.2, -0.15) is 5.26 Å². The first-order valence-electron chi connectivity index (χ1n) is 5.55. The highest BCUT2D eigenvalue weighted by molar-refractivity contribution is 5.41. The van der Waals surface area contributed by atoms with Crippen molar-refractivity contribution >= 4 is 5.82 Å². The number of pyridine rings is 1. The second kappa shape index (κ2) is 3.16. The van der Waals surface area contributed by atoms with Crippen LogP contribution >= 0.6 is 0 Å². The number of nitrogens with zero attached hydrogens (tertiary/aromatic N) is 2. The van der Waals surface area contributed by atoms with Crippen molar-refractivity contribution in [3.05, 3.63) is 23.9 Å². The fourth-order valence-electron chi connectivity index (χ4n) is 2.56. The van der Waals surface area contributed by atoms with Crippen LogP contribution in [0.2, 0.25) is 0 Å². The fourth-order valence-corrected chi connectivity index (χ4v) is 2.56. The minimum absolute atomic E-state index is 0.0407. The molecule has 1 aromatic heterocycles. The van der Waals surface area contributed by atoms with Gasteiger partial charge in [-0.15, -0.1) is 0 Å². The highest BCUT2D eigenvalue weighted by atomic mass is 19.3. The number of alkyl halides is 2. The molecule has 0 saturated heterocycles. The first-order chi connectivity index (χ1) is 8.05. The van der Waals surface area contributed by atoms with Gasteiger partial charge in [-0.05, 0) is 25.0 Å². The Labute approximate surface area is 97.5 Å². The Kier molecular flexibility index (Phi) is 1.94. The van der Waals surface area contributed by atoms with E-state index in [2.05, 4.69) is 10.3 Å². The average Bonchev–Trinajstić information content (AvgIpc) is 2.82. The van der Waals surface area contributed by atoms with Crippen molar-refractivity contribution < 1.29 is 8.78 Å². The first kappa shape index (κ1) is 10.5. The number of hydrogen-bond acceptors (Lipinski definition) is 3. The molecule has 1 spiro atoms. The Morgan fingerprint density at radius 3 is 2.59 bits per heavy atom. The molecule has 0 aromatic carbocycles. The number of halogens is 2. The van der Waals surface area contributed by atoms with Crippen LogP contribution in [0.4, 0.5) is 14.6 Å². The van der Waals surface area contributed by atoms with Gasteiger partial charge in [-0.3, -0.25) is 0 Å². The van der Waals surface area contributed by atoms with Crippen molar-refractivity contribution in [1.82, 2.24) is 4.98 Å². The second-order valence-corrected chi connectivity index (χ2v) is 4.95. The summed E-state index contributed by atoms with van der Waals surface area (Å²) < 4.78 is 25.9. The minimum Gasteiger partial charge on any atom is -0.367 e. The minimum atomic E-state index is -2.44. The average molecular weight is 235 g/mol. The van der Waals surface area contributed by atoms with E-state index in [4.69, 9.17) is 5.26 Å². The molecule has 17 heavy (non-hydrogen) atoms. The number of hydrogen-bond donors (Lipinski definition) is 1. The van der Waals surface area contributed by atoms with Crippen LogP contribution < -0.4 is 5.32 Å². The Bertz CT molecular complexity index is 483. The lowest BCUT2D eigenvalue weighted by molar-refractivity contribution is 0.0247. The summed E-state index contributed by atoms with van der Waals surface area (Å²) in [7, 11) is 0. The summed E-state index contributed by atoms with van der Waals surface area (Å²) in [6, 6.07) is 5.43. The Morgan fingerprint density at radius 1 is 1.41 bits per heavy atom. The van der Waals surface area contributed by atoms with Crippen LogP contribution in [0.5, 0.6) is 0 Å². The zero-order chi connectivity index (χ0) is 12.1. The number of rotatable bonds is 2. The Balaban J connectivity index is 1.58. The van der Waals surface area contributed by atoms with Crippen LogP contribution in [-0.2, 0) is 0 Å². The maximum atomic E-state index is 13.0. The molecule has 3 nitrogen and oxygen atoms in total. The van der Waals surface area contributed by atoms with Crippen molar-refractivity contribution in [2.75, 3.05) is 5.32 Å². The molecule has 5 heteroatoms. The standard InChI is InChI=1S/C12H11F2N3/c13-12(14)7-11(12)3-9(4-11)17-10-2-1-8(5-15)6-16-10/h1-2,6,9H,3-4,7H2,(H,16,17). The zero-order valence-electron chi connectivity index (χ0n) is 9.08. The molecule has 1 aromatic rings. The van der Waals surface area contributed by atoms with Gasteiger partial charge in [-0.1, -0.05) is 0 Å². The van der Waals surface area contributed by atoms with E-state index in [9.17, 15) is 8.78 Å². The van der Waals surface area contributed by atoms with Gasteiger partial charge in [0.15, 0.2) is 0 Å². The molecule has 3 rings (SSSR count). The molecule has 88 valence electrons. The zero-order valence-corrected chi connectivity index (χ0v) is 9.08. The summed E-state index contributed by atoms with van der Waals surface area (Å²) in [6.45, 7) is 0. The maximum absolute atomic E-state index is 13.0. The number of anilines is 1. The van der Waals surface area contributed by atoms with E-state index < -0.39 is 11.3 Å². The van der Waals surface area contributed by atoms with Gasteiger partial charge in [0.1, 0.15) is 11.9 Å². The van der Waals surface area contributed by atoms with Crippen LogP contribution in [0.15, 0.2) is 18.3 Å². The molecule has 0 atom stereocenters. The molecule has 0 aliphatic heterocycles. The van der Waals surface area contributed by atoms with Crippen LogP contribution in [-0.4, -0.2) is 16.9 Å². The molecule has 1 heterocycles. The second-order valence-electron chi connectivity index (χ2n) is 4.95. The highest BCUT2D eigenvalue weighted by Gasteiger charge is 2.75. The molecule has 2 fully saturated rings. The molecular weight excluding hydrogens is 224 g/mol. The lowest BCUT2D eigenvalue weighted by Gasteiger charge is -2.36. The molecule has 2 aliphatic rings. The van der Waals surface area contributed by atoms with Crippen molar-refractivity contribution in [2.24, 2.45) is 5.41 Å². The number of aromatic nitrogens is 1. The van der Waals surface area contributed by atoms with E-state index in [0.29, 0.717) is 24.2 Å². The molecule has 0 radical (unpaired) electrons. The third-order valence-corrected chi connectivity index (χ3v) is 3.73. The molecule has 1 N–H and O–H groups in total. The molecular formula is C12H11F2N3. The van der Waals surface area contributed by atoms with Crippen LogP contribution in [0.1, 0.15) is 24.8 Å². The van der Waals surface area contributed by atoms with E-state index in [1.54, 1.807) is 12.1 Å². The molecule has 2 saturated carbocycles. The molecule has 0 unspecified atom stereocenters. The summed E-state index contributed by atoms with van der Waals surface area (Å²) in [4.78, 5) is 4.05. The van der Waals surface area contributed by atoms with Crippen LogP contribution in [0.25, 0.3) is 0 Å². The summed E-state index contributed by atoms with van der Waals surface area (Å²) in [5.74, 6) is -1.80. The van der Waals surface area contributed by atoms with Crippen molar-refractivity contribution in [1.29, 1.82) is 5.26 Å². The van der Waals surface area contributed by atoms with Gasteiger partial charge in [0.25, 0.3) is 5.92 Å². The van der Waals surface area contributed by atoms with Crippen molar-refractivity contribution in [2.45, 2.75) is 31.2 Å². The lowest BCUT2D eigenvalue weighted by Crippen LogP contribution is -2.40. The summed E-state index contributed by atoms with van der Waals surface area (Å²) in [5, 5.41) is 11.7. The van der Waals surface area contributed by atoms with Gasteiger partial charge in [0, 0.05) is 24.1 Å². The van der Waals surface area contributed by atoms with Crippen molar-refractivity contribution in [3.63, 3.8) is 0 Å². The van der Waals surface area contributed by atoms with Crippen molar-refractivity contribution in [3.8, 4) is 6.07 Å². The number of nitrogens with one attached hydrogen (secondary N) is 1. The molecule has 2 aliphatic carbocycles. The van der Waals surface area contributed by atoms with E-state index in [1.165, 1.54) is 6.20 Å². The van der Waals surface area contributed by atoms with Crippen LogP contribution in [0.3, 0.4) is 0 Å². The van der Waals surface area contributed by atoms with E-state index in [1.807, 2.05) is 6.07 Å². The maximum Gasteiger partial charge on any atom is 0.254 e. The summed E-state index contributed by atoms with van der Waals surface area (Å²) in [6.07, 6.45) is 2.55. The highest BCUT2D eigenvalue weighted by Crippen LogP contribution is 2.71. The third kappa shape index (κ3) is 1.55. The predicted octanol–water partition coefficient (Wildman–Crippen LogP) is 2.55. The third-order valence-electron chi connectivity index (χ3n) is 3.73.